The molecule has 3 aliphatic rings. The van der Waals surface area contributed by atoms with Gasteiger partial charge in [0.1, 0.15) is 11.5 Å². The number of hydrogen-bond acceptors (Lipinski definition) is 16. The van der Waals surface area contributed by atoms with Crippen molar-refractivity contribution < 1.29 is 48.9 Å². The van der Waals surface area contributed by atoms with E-state index in [4.69, 9.17) is 8.37 Å². The van der Waals surface area contributed by atoms with Gasteiger partial charge in [0.05, 0.1) is 18.8 Å². The number of nitrogens with zero attached hydrogens (tertiary/aromatic N) is 5. The Balaban J connectivity index is 0.000000181. The van der Waals surface area contributed by atoms with Crippen LogP contribution in [0.4, 0.5) is 17.1 Å². The van der Waals surface area contributed by atoms with Crippen LogP contribution < -0.4 is 22.9 Å². The van der Waals surface area contributed by atoms with Gasteiger partial charge in [-0.2, -0.15) is 16.8 Å². The summed E-state index contributed by atoms with van der Waals surface area (Å²) in [5.41, 5.74) is 20.5. The Morgan fingerprint density at radius 1 is 0.351 bits per heavy atom. The molecule has 4 N–H and O–H groups in total. The van der Waals surface area contributed by atoms with E-state index in [0.29, 0.717) is 61.8 Å². The fraction of sp³-hybridized carbons (Fsp3) is 0.362. The van der Waals surface area contributed by atoms with Crippen LogP contribution in [0.3, 0.4) is 0 Å². The van der Waals surface area contributed by atoms with Crippen LogP contribution >= 0.6 is 0 Å². The highest BCUT2D eigenvalue weighted by atomic mass is 32.2. The summed E-state index contributed by atoms with van der Waals surface area (Å²) >= 11 is 0. The van der Waals surface area contributed by atoms with Gasteiger partial charge in [0.25, 0.3) is 0 Å². The number of sulfonamides is 1. The summed E-state index contributed by atoms with van der Waals surface area (Å²) in [6.45, 7) is 24.4. The Labute approximate surface area is 679 Å². The molecule has 606 valence electrons. The van der Waals surface area contributed by atoms with Crippen LogP contribution in [0.25, 0.3) is 33.4 Å². The molecule has 0 saturated carbocycles. The first-order valence-electron chi connectivity index (χ1n) is 40.0. The average Bonchev–Trinajstić information content (AvgIpc) is 0.803. The van der Waals surface area contributed by atoms with Gasteiger partial charge < -0.3 is 38.4 Å². The summed E-state index contributed by atoms with van der Waals surface area (Å²) in [6.07, 6.45) is 9.68. The molecule has 0 bridgehead atoms. The van der Waals surface area contributed by atoms with E-state index in [9.17, 15) is 40.6 Å². The third-order valence-electron chi connectivity index (χ3n) is 21.3. The molecule has 17 nitrogen and oxygen atoms in total. The molecule has 3 aliphatic heterocycles. The van der Waals surface area contributed by atoms with Crippen molar-refractivity contribution in [3.8, 4) is 11.5 Å². The molecule has 3 fully saturated rings. The minimum atomic E-state index is -3.61. The largest absolute Gasteiger partial charge is 0.396 e. The van der Waals surface area contributed by atoms with Crippen LogP contribution in [0.1, 0.15) is 154 Å². The summed E-state index contributed by atoms with van der Waals surface area (Å²) in [7, 11) is -10.6. The van der Waals surface area contributed by atoms with Crippen LogP contribution in [0, 0.1) is 0 Å². The number of hydrogen-bond donors (Lipinski definition) is 4. The monoisotopic (exact) mass is 1600 g/mol. The number of anilines is 3. The Bertz CT molecular complexity index is 4430. The predicted octanol–water partition coefficient (Wildman–Crippen LogP) is 17.0. The molecular weight excluding hydrogens is 1490 g/mol. The van der Waals surface area contributed by atoms with Gasteiger partial charge in [-0.15, -0.1) is 0 Å². The Hall–Kier alpha value is -9.19. The maximum atomic E-state index is 11.7. The molecule has 9 aromatic carbocycles. The van der Waals surface area contributed by atoms with Crippen molar-refractivity contribution in [1.29, 1.82) is 0 Å². The van der Waals surface area contributed by atoms with E-state index >= 15 is 0 Å². The van der Waals surface area contributed by atoms with Crippen molar-refractivity contribution in [2.24, 2.45) is 0 Å². The number of allylic oxidation sites excluding steroid dienone is 3. The fourth-order valence-corrected chi connectivity index (χ4v) is 16.9. The minimum Gasteiger partial charge on any atom is -0.396 e. The number of benzene rings is 9. The first kappa shape index (κ1) is 87.2. The van der Waals surface area contributed by atoms with Gasteiger partial charge in [0.15, 0.2) is 0 Å². The lowest BCUT2D eigenvalue weighted by Gasteiger charge is -2.38. The topological polar surface area (TPSA) is 210 Å². The molecule has 0 amide bonds. The lowest BCUT2D eigenvalue weighted by atomic mass is 9.85. The van der Waals surface area contributed by atoms with Crippen LogP contribution in [0.15, 0.2) is 237 Å². The summed E-state index contributed by atoms with van der Waals surface area (Å²) in [5, 5.41) is 29.0. The minimum absolute atomic E-state index is 0.103. The molecule has 0 atom stereocenters. The van der Waals surface area contributed by atoms with E-state index in [2.05, 4.69) is 180 Å². The molecule has 3 heterocycles. The zero-order valence-electron chi connectivity index (χ0n) is 67.7. The molecule has 0 spiro atoms. The summed E-state index contributed by atoms with van der Waals surface area (Å²) in [4.78, 5) is 12.5. The molecule has 0 unspecified atom stereocenters. The van der Waals surface area contributed by atoms with Crippen molar-refractivity contribution in [2.45, 2.75) is 117 Å². The van der Waals surface area contributed by atoms with Crippen LogP contribution in [-0.2, 0) is 30.3 Å². The van der Waals surface area contributed by atoms with E-state index in [1.165, 1.54) is 35.4 Å². The molecule has 0 aromatic heterocycles. The zero-order valence-corrected chi connectivity index (χ0v) is 70.2. The third-order valence-corrected chi connectivity index (χ3v) is 22.9. The van der Waals surface area contributed by atoms with Crippen molar-refractivity contribution in [2.75, 3.05) is 119 Å². The number of nitrogens with one attached hydrogen (secondary N) is 1. The number of piperazine rings is 2. The number of likely N-dealkylation sites (tertiary alicyclic amines) is 1. The van der Waals surface area contributed by atoms with Crippen LogP contribution in [-0.4, -0.2) is 177 Å². The molecule has 9 aromatic rings. The first-order chi connectivity index (χ1) is 54.7. The van der Waals surface area contributed by atoms with Crippen LogP contribution in [0.5, 0.6) is 11.5 Å². The Morgan fingerprint density at radius 3 is 0.895 bits per heavy atom. The second kappa shape index (κ2) is 41.9. The third kappa shape index (κ3) is 25.7. The predicted molar refractivity (Wildman–Crippen MR) is 471 cm³/mol. The highest BCUT2D eigenvalue weighted by molar-refractivity contribution is 7.92. The van der Waals surface area contributed by atoms with Crippen LogP contribution in [0.2, 0.25) is 0 Å². The molecule has 3 saturated heterocycles. The number of aliphatic hydroxyl groups excluding tert-OH is 3. The first-order valence-corrected chi connectivity index (χ1v) is 45.6. The molecule has 0 aliphatic carbocycles. The van der Waals surface area contributed by atoms with Gasteiger partial charge in [0, 0.05) is 107 Å². The lowest BCUT2D eigenvalue weighted by molar-refractivity contribution is 0.172. The molecule has 20 heteroatoms. The molecule has 12 rings (SSSR count). The number of piperidine rings is 1. The van der Waals surface area contributed by atoms with Crippen molar-refractivity contribution in [3.05, 3.63) is 292 Å². The highest BCUT2D eigenvalue weighted by Gasteiger charge is 2.26. The summed E-state index contributed by atoms with van der Waals surface area (Å²) in [6, 6.07) is 80.9. The summed E-state index contributed by atoms with van der Waals surface area (Å²) in [5.74, 6) is 1.14. The Morgan fingerprint density at radius 2 is 0.623 bits per heavy atom. The molecule has 0 radical (unpaired) electrons. The molecule has 114 heavy (non-hydrogen) atoms. The lowest BCUT2D eigenvalue weighted by Crippen LogP contribution is -2.48. The zero-order chi connectivity index (χ0) is 81.4. The normalized spacial score (nSPS) is 15.6. The standard InChI is InChI=1S/C32H40N2O3S.2C31H38N2O4S/c1-24(2)34-21-19-26(20-22-34)25-11-13-28(14-12-25)32(29-15-17-30(18-16-29)33-38(3,36)37)31(10-7-23-35)27-8-5-4-6-9-27;2*1-24(2)32-19-21-33(22-20-32)28-15-11-26(12-16-28)31(27-13-17-29(18-14-27)37-38(3,35)36)30(10-7-23-34)25-8-5-4-6-9-25/h4-6,8-9,11-18,24,26,33,35H,7,10,19-23H2,1-3H3;2*4-6,8-9,11-18,24,34H,7,10,19-23H2,1-3H3/b32-31+;2*31-30+. The summed E-state index contributed by atoms with van der Waals surface area (Å²) < 4.78 is 82.6. The van der Waals surface area contributed by atoms with Crippen molar-refractivity contribution in [1.82, 2.24) is 14.7 Å². The maximum absolute atomic E-state index is 11.7. The number of aliphatic hydroxyl groups is 3. The fourth-order valence-electron chi connectivity index (χ4n) is 15.4. The maximum Gasteiger partial charge on any atom is 0.306 e. The van der Waals surface area contributed by atoms with E-state index in [0.717, 1.165) is 169 Å². The van der Waals surface area contributed by atoms with E-state index in [1.807, 2.05) is 103 Å². The van der Waals surface area contributed by atoms with Gasteiger partial charge in [-0.25, -0.2) is 8.42 Å². The Kier molecular flexibility index (Phi) is 32.1. The van der Waals surface area contributed by atoms with Gasteiger partial charge >= 0.3 is 20.2 Å². The van der Waals surface area contributed by atoms with Gasteiger partial charge in [-0.05, 0) is 262 Å². The van der Waals surface area contributed by atoms with E-state index in [-0.39, 0.29) is 31.3 Å². The molecular formula is C94H116N6O11S3. The highest BCUT2D eigenvalue weighted by Crippen LogP contribution is 2.41. The van der Waals surface area contributed by atoms with Crippen molar-refractivity contribution in [3.63, 3.8) is 0 Å². The SMILES string of the molecule is CC(C)N1CCC(c2ccc(/C(=C(/CCCO)c3ccccc3)c3ccc(NS(C)(=O)=O)cc3)cc2)CC1.CC(C)N1CCN(c2ccc(/C(=C(/CCCO)c3ccccc3)c3ccc(OS(C)(=O)=O)cc3)cc2)CC1.CC(C)N1CCN(c2ccc(/C(=C(/CCCO)c3ccccc3)c3ccc(OS(C)(=O)=O)cc3)cc2)CC1. The van der Waals surface area contributed by atoms with Crippen molar-refractivity contribution >= 4 is 80.8 Å². The van der Waals surface area contributed by atoms with E-state index in [1.54, 1.807) is 24.3 Å². The number of rotatable bonds is 30. The van der Waals surface area contributed by atoms with Gasteiger partial charge in [-0.3, -0.25) is 14.5 Å². The van der Waals surface area contributed by atoms with E-state index < -0.39 is 30.3 Å². The average molecular weight is 1600 g/mol. The smallest absolute Gasteiger partial charge is 0.306 e. The quantitative estimate of drug-likeness (QED) is 0.0244. The second-order valence-corrected chi connectivity index (χ2v) is 35.5. The second-order valence-electron chi connectivity index (χ2n) is 30.6. The van der Waals surface area contributed by atoms with Gasteiger partial charge in [-0.1, -0.05) is 176 Å². The van der Waals surface area contributed by atoms with Gasteiger partial charge in [0.2, 0.25) is 10.0 Å².